The molecule has 0 aliphatic carbocycles. The van der Waals surface area contributed by atoms with Gasteiger partial charge in [0.25, 0.3) is 0 Å². The molecule has 1 unspecified atom stereocenters. The van der Waals surface area contributed by atoms with E-state index in [0.717, 1.165) is 0 Å². The zero-order valence-corrected chi connectivity index (χ0v) is 16.2. The summed E-state index contributed by atoms with van der Waals surface area (Å²) >= 11 is 0. The van der Waals surface area contributed by atoms with E-state index < -0.39 is 11.3 Å². The zero-order chi connectivity index (χ0) is 20.1. The largest absolute Gasteiger partial charge is 0.507 e. The second-order valence-corrected chi connectivity index (χ2v) is 8.83. The van der Waals surface area contributed by atoms with Crippen LogP contribution in [0.15, 0.2) is 40.3 Å². The highest BCUT2D eigenvalue weighted by Gasteiger charge is 2.63. The minimum Gasteiger partial charge on any atom is -0.507 e. The van der Waals surface area contributed by atoms with Crippen LogP contribution in [0.3, 0.4) is 0 Å². The first kappa shape index (κ1) is 17.3. The predicted molar refractivity (Wildman–Crippen MR) is 105 cm³/mol. The van der Waals surface area contributed by atoms with Gasteiger partial charge in [0.1, 0.15) is 22.8 Å². The second kappa shape index (κ2) is 4.94. The maximum absolute atomic E-state index is 11.1. The first-order valence-electron chi connectivity index (χ1n) is 9.32. The summed E-state index contributed by atoms with van der Waals surface area (Å²) in [5.41, 5.74) is -1.78. The molecule has 28 heavy (non-hydrogen) atoms. The van der Waals surface area contributed by atoms with E-state index in [1.807, 2.05) is 13.8 Å². The Labute approximate surface area is 161 Å². The third kappa shape index (κ3) is 1.81. The highest BCUT2D eigenvalue weighted by molar-refractivity contribution is 6.12. The van der Waals surface area contributed by atoms with Gasteiger partial charge in [-0.1, -0.05) is 26.0 Å². The van der Waals surface area contributed by atoms with Gasteiger partial charge in [0.2, 0.25) is 0 Å². The Morgan fingerprint density at radius 3 is 2.21 bits per heavy atom. The van der Waals surface area contributed by atoms with E-state index in [1.54, 1.807) is 24.3 Å². The summed E-state index contributed by atoms with van der Waals surface area (Å²) in [6, 6.07) is 8.29. The summed E-state index contributed by atoms with van der Waals surface area (Å²) < 4.78 is 6.04. The van der Waals surface area contributed by atoms with Crippen LogP contribution in [-0.4, -0.2) is 33.2 Å². The monoisotopic (exact) mass is 378 g/mol. The molecular formula is C22H22N2O4. The molecule has 6 nitrogen and oxygen atoms in total. The molecule has 144 valence electrons. The van der Waals surface area contributed by atoms with Crippen molar-refractivity contribution in [3.63, 3.8) is 0 Å². The van der Waals surface area contributed by atoms with E-state index in [2.05, 4.69) is 13.8 Å². The Kier molecular flexibility index (Phi) is 3.05. The summed E-state index contributed by atoms with van der Waals surface area (Å²) in [4.78, 5) is 10.00. The fourth-order valence-electron chi connectivity index (χ4n) is 4.79. The van der Waals surface area contributed by atoms with Crippen molar-refractivity contribution >= 4 is 21.5 Å². The molecule has 6 heteroatoms. The number of phenols is 3. The van der Waals surface area contributed by atoms with Gasteiger partial charge in [-0.2, -0.15) is 0 Å². The van der Waals surface area contributed by atoms with E-state index >= 15 is 0 Å². The number of phenolic OH excluding ortho intramolecular Hbond substituents is 3. The lowest BCUT2D eigenvalue weighted by Crippen LogP contribution is -2.50. The van der Waals surface area contributed by atoms with Crippen LogP contribution in [0.25, 0.3) is 21.5 Å². The van der Waals surface area contributed by atoms with Crippen LogP contribution >= 0.6 is 0 Å². The molecule has 0 aromatic heterocycles. The van der Waals surface area contributed by atoms with Crippen LogP contribution in [0.2, 0.25) is 0 Å². The summed E-state index contributed by atoms with van der Waals surface area (Å²) in [7, 11) is 0. The van der Waals surface area contributed by atoms with Crippen LogP contribution in [0, 0.1) is 5.41 Å². The van der Waals surface area contributed by atoms with Crippen LogP contribution in [0.5, 0.6) is 17.2 Å². The summed E-state index contributed by atoms with van der Waals surface area (Å²) in [6.07, 6.45) is 0. The van der Waals surface area contributed by atoms with Crippen LogP contribution in [0.4, 0.5) is 0 Å². The number of fused-ring (bicyclic) bond motifs is 4. The molecule has 0 saturated carbocycles. The van der Waals surface area contributed by atoms with Crippen molar-refractivity contribution in [3.05, 3.63) is 41.0 Å². The van der Waals surface area contributed by atoms with Gasteiger partial charge in [0.05, 0.1) is 28.1 Å². The molecule has 2 aliphatic heterocycles. The average Bonchev–Trinajstić information content (AvgIpc) is 3.12. The predicted octanol–water partition coefficient (Wildman–Crippen LogP) is 2.89. The first-order chi connectivity index (χ1) is 13.1. The Hall–Kier alpha value is -2.86. The first-order valence-corrected chi connectivity index (χ1v) is 9.32. The Morgan fingerprint density at radius 1 is 0.857 bits per heavy atom. The normalized spacial score (nSPS) is 24.4. The van der Waals surface area contributed by atoms with Gasteiger partial charge in [0.15, 0.2) is 5.66 Å². The number of aromatic hydroxyl groups is 3. The molecule has 1 saturated heterocycles. The van der Waals surface area contributed by atoms with Gasteiger partial charge in [-0.05, 0) is 32.0 Å². The SMILES string of the molecule is CC1(C)COC(C)(C)C12N=c1ccc3c(O)c4c(O)cccc4c(O)c3c1=N2. The lowest BCUT2D eigenvalue weighted by molar-refractivity contribution is 0.00279. The summed E-state index contributed by atoms with van der Waals surface area (Å²) in [6.45, 7) is 8.63. The number of nitrogens with zero attached hydrogens (tertiary/aromatic N) is 2. The third-order valence-corrected chi connectivity index (χ3v) is 6.32. The van der Waals surface area contributed by atoms with Crippen molar-refractivity contribution in [2.45, 2.75) is 39.0 Å². The van der Waals surface area contributed by atoms with E-state index in [9.17, 15) is 15.3 Å². The molecule has 5 rings (SSSR count). The van der Waals surface area contributed by atoms with Gasteiger partial charge >= 0.3 is 0 Å². The third-order valence-electron chi connectivity index (χ3n) is 6.32. The van der Waals surface area contributed by atoms with Gasteiger partial charge in [-0.15, -0.1) is 0 Å². The molecule has 3 aromatic carbocycles. The molecule has 2 aliphatic rings. The van der Waals surface area contributed by atoms with Crippen LogP contribution < -0.4 is 10.7 Å². The van der Waals surface area contributed by atoms with Crippen LogP contribution in [0.1, 0.15) is 27.7 Å². The van der Waals surface area contributed by atoms with Crippen molar-refractivity contribution in [3.8, 4) is 17.2 Å². The van der Waals surface area contributed by atoms with Gasteiger partial charge in [-0.3, -0.25) is 0 Å². The molecule has 1 fully saturated rings. The highest BCUT2D eigenvalue weighted by Crippen LogP contribution is 2.52. The van der Waals surface area contributed by atoms with Crippen molar-refractivity contribution in [1.29, 1.82) is 0 Å². The van der Waals surface area contributed by atoms with Gasteiger partial charge in [-0.25, -0.2) is 9.98 Å². The fraction of sp³-hybridized carbons (Fsp3) is 0.364. The van der Waals surface area contributed by atoms with E-state index in [-0.39, 0.29) is 28.0 Å². The standard InChI is InChI=1S/C22H22N2O4/c1-20(2)10-28-21(3,4)22(20)23-13-9-8-12-16(17(13)24-22)19(27)11-6-5-7-14(25)15(11)18(12)26/h5-9,25-27H,10H2,1-4H3. The lowest BCUT2D eigenvalue weighted by Gasteiger charge is -2.38. The van der Waals surface area contributed by atoms with E-state index in [1.165, 1.54) is 6.07 Å². The molecule has 3 aromatic rings. The molecule has 1 atom stereocenters. The van der Waals surface area contributed by atoms with Crippen molar-refractivity contribution in [2.24, 2.45) is 15.4 Å². The van der Waals surface area contributed by atoms with E-state index in [0.29, 0.717) is 33.5 Å². The maximum Gasteiger partial charge on any atom is 0.186 e. The molecule has 2 heterocycles. The topological polar surface area (TPSA) is 94.6 Å². The van der Waals surface area contributed by atoms with Crippen molar-refractivity contribution < 1.29 is 20.1 Å². The molecule has 0 radical (unpaired) electrons. The molecular weight excluding hydrogens is 356 g/mol. The lowest BCUT2D eigenvalue weighted by atomic mass is 9.74. The van der Waals surface area contributed by atoms with Crippen molar-refractivity contribution in [2.75, 3.05) is 6.61 Å². The maximum atomic E-state index is 11.1. The average molecular weight is 378 g/mol. The van der Waals surface area contributed by atoms with Gasteiger partial charge < -0.3 is 20.1 Å². The number of hydrogen-bond acceptors (Lipinski definition) is 6. The minimum absolute atomic E-state index is 0.0268. The Bertz CT molecular complexity index is 1290. The minimum atomic E-state index is -0.827. The van der Waals surface area contributed by atoms with Crippen LogP contribution in [-0.2, 0) is 4.74 Å². The molecule has 3 N–H and O–H groups in total. The number of benzene rings is 3. The molecule has 1 spiro atoms. The smallest absolute Gasteiger partial charge is 0.186 e. The number of ether oxygens (including phenoxy) is 1. The molecule has 0 bridgehead atoms. The molecule has 0 amide bonds. The Balaban J connectivity index is 1.99. The van der Waals surface area contributed by atoms with Gasteiger partial charge in [0, 0.05) is 16.2 Å². The number of rotatable bonds is 0. The van der Waals surface area contributed by atoms with E-state index in [4.69, 9.17) is 14.7 Å². The van der Waals surface area contributed by atoms with Crippen molar-refractivity contribution in [1.82, 2.24) is 0 Å². The Morgan fingerprint density at radius 2 is 1.54 bits per heavy atom. The second-order valence-electron chi connectivity index (χ2n) is 8.83. The number of hydrogen-bond donors (Lipinski definition) is 3. The zero-order valence-electron chi connectivity index (χ0n) is 16.2. The fourth-order valence-corrected chi connectivity index (χ4v) is 4.79. The quantitative estimate of drug-likeness (QED) is 0.414. The highest BCUT2D eigenvalue weighted by atomic mass is 16.5. The summed E-state index contributed by atoms with van der Waals surface area (Å²) in [5.74, 6) is -0.195. The summed E-state index contributed by atoms with van der Waals surface area (Å²) in [5, 5.41) is 34.8.